The predicted octanol–water partition coefficient (Wildman–Crippen LogP) is 1.53. The lowest BCUT2D eigenvalue weighted by Gasteiger charge is -2.12. The minimum absolute atomic E-state index is 0.118. The third-order valence-electron chi connectivity index (χ3n) is 2.53. The highest BCUT2D eigenvalue weighted by atomic mass is 33.1. The molecule has 0 bridgehead atoms. The van der Waals surface area contributed by atoms with Crippen molar-refractivity contribution in [1.29, 1.82) is 0 Å². The van der Waals surface area contributed by atoms with Gasteiger partial charge in [-0.2, -0.15) is 0 Å². The summed E-state index contributed by atoms with van der Waals surface area (Å²) in [7, 11) is 3.38. The van der Waals surface area contributed by atoms with Gasteiger partial charge in [0.05, 0.1) is 0 Å². The first kappa shape index (κ1) is 17.3. The molecule has 1 heterocycles. The molecule has 1 fully saturated rings. The molecule has 0 saturated carbocycles. The van der Waals surface area contributed by atoms with Gasteiger partial charge in [-0.25, -0.2) is 4.79 Å². The molecule has 0 aromatic carbocycles. The van der Waals surface area contributed by atoms with Crippen molar-refractivity contribution in [3.8, 4) is 0 Å². The lowest BCUT2D eigenvalue weighted by Crippen LogP contribution is -2.31. The molecule has 0 aromatic rings. The third kappa shape index (κ3) is 6.62. The second-order valence-corrected chi connectivity index (χ2v) is 6.93. The highest BCUT2D eigenvalue weighted by molar-refractivity contribution is 8.76. The lowest BCUT2D eigenvalue weighted by atomic mass is 10.3. The number of carbonyl (C=O) groups excluding carboxylic acids is 3. The Morgan fingerprint density at radius 3 is 2.30 bits per heavy atom. The van der Waals surface area contributed by atoms with Crippen LogP contribution < -0.4 is 0 Å². The first-order valence-corrected chi connectivity index (χ1v) is 9.06. The fraction of sp³-hybridized carbons (Fsp3) is 0.750. The molecular formula is C12H19NO5S2. The molecule has 1 aliphatic heterocycles. The summed E-state index contributed by atoms with van der Waals surface area (Å²) in [5, 5.41) is 9.19. The first-order chi connectivity index (χ1) is 9.65. The fourth-order valence-electron chi connectivity index (χ4n) is 1.47. The molecule has 114 valence electrons. The Balaban J connectivity index is 2.00. The second-order valence-electron chi connectivity index (χ2n) is 4.22. The van der Waals surface area contributed by atoms with E-state index in [0.717, 1.165) is 24.3 Å². The van der Waals surface area contributed by atoms with Crippen molar-refractivity contribution in [3.05, 3.63) is 0 Å². The number of hydrogen-bond acceptors (Lipinski definition) is 7. The van der Waals surface area contributed by atoms with E-state index in [1.165, 1.54) is 0 Å². The fourth-order valence-corrected chi connectivity index (χ4v) is 3.71. The Kier molecular flexibility index (Phi) is 8.72. The van der Waals surface area contributed by atoms with Gasteiger partial charge in [0.1, 0.15) is 0 Å². The van der Waals surface area contributed by atoms with Gasteiger partial charge in [-0.3, -0.25) is 9.59 Å². The highest BCUT2D eigenvalue weighted by Crippen LogP contribution is 2.23. The van der Waals surface area contributed by atoms with Gasteiger partial charge in [0.25, 0.3) is 11.8 Å². The molecule has 1 rings (SSSR count). The summed E-state index contributed by atoms with van der Waals surface area (Å²) < 4.78 is 0. The smallest absolute Gasteiger partial charge is 0.333 e. The van der Waals surface area contributed by atoms with Crippen LogP contribution in [0.25, 0.3) is 0 Å². The van der Waals surface area contributed by atoms with Gasteiger partial charge in [-0.15, -0.1) is 5.06 Å². The van der Waals surface area contributed by atoms with Crippen molar-refractivity contribution >= 4 is 39.4 Å². The number of rotatable bonds is 10. The van der Waals surface area contributed by atoms with E-state index in [-0.39, 0.29) is 25.9 Å². The molecule has 2 amide bonds. The van der Waals surface area contributed by atoms with Crippen LogP contribution in [0.2, 0.25) is 0 Å². The summed E-state index contributed by atoms with van der Waals surface area (Å²) in [5.41, 5.74) is 0. The van der Waals surface area contributed by atoms with Gasteiger partial charge in [0.2, 0.25) is 0 Å². The molecule has 1 aliphatic rings. The zero-order chi connectivity index (χ0) is 14.8. The number of nitrogens with zero attached hydrogens (tertiary/aromatic N) is 1. The van der Waals surface area contributed by atoms with Crippen LogP contribution in [0, 0.1) is 0 Å². The van der Waals surface area contributed by atoms with Gasteiger partial charge < -0.3 is 9.94 Å². The third-order valence-corrected chi connectivity index (χ3v) is 5.10. The Morgan fingerprint density at radius 1 is 1.10 bits per heavy atom. The van der Waals surface area contributed by atoms with Crippen LogP contribution in [0.4, 0.5) is 0 Å². The maximum absolute atomic E-state index is 11.5. The molecule has 20 heavy (non-hydrogen) atoms. The number of unbranched alkanes of at least 4 members (excludes halogenated alkanes) is 1. The average molecular weight is 321 g/mol. The molecule has 0 atom stereocenters. The largest absolute Gasteiger partial charge is 0.396 e. The summed E-state index contributed by atoms with van der Waals surface area (Å²) in [4.78, 5) is 38.6. The van der Waals surface area contributed by atoms with E-state index in [1.54, 1.807) is 21.6 Å². The number of aliphatic hydroxyl groups is 1. The maximum Gasteiger partial charge on any atom is 0.333 e. The SMILES string of the molecule is O=C(CCCSSCCCCO)ON1C(=O)CCC1=O. The van der Waals surface area contributed by atoms with Crippen molar-refractivity contribution in [2.75, 3.05) is 18.1 Å². The Hall–Kier alpha value is -0.730. The number of amides is 2. The molecule has 0 unspecified atom stereocenters. The van der Waals surface area contributed by atoms with Crippen LogP contribution in [-0.4, -0.2) is 46.1 Å². The highest BCUT2D eigenvalue weighted by Gasteiger charge is 2.32. The van der Waals surface area contributed by atoms with Crippen molar-refractivity contribution in [3.63, 3.8) is 0 Å². The number of carbonyl (C=O) groups is 3. The normalized spacial score (nSPS) is 14.9. The minimum Gasteiger partial charge on any atom is -0.396 e. The molecule has 0 spiro atoms. The van der Waals surface area contributed by atoms with Crippen molar-refractivity contribution in [1.82, 2.24) is 5.06 Å². The van der Waals surface area contributed by atoms with Crippen LogP contribution in [0.15, 0.2) is 0 Å². The molecule has 8 heteroatoms. The van der Waals surface area contributed by atoms with Crippen molar-refractivity contribution in [2.45, 2.75) is 38.5 Å². The van der Waals surface area contributed by atoms with E-state index in [9.17, 15) is 14.4 Å². The van der Waals surface area contributed by atoms with Crippen molar-refractivity contribution < 1.29 is 24.3 Å². The Bertz CT molecular complexity index is 335. The van der Waals surface area contributed by atoms with Gasteiger partial charge >= 0.3 is 5.97 Å². The van der Waals surface area contributed by atoms with Crippen LogP contribution in [0.1, 0.15) is 38.5 Å². The minimum atomic E-state index is -0.542. The summed E-state index contributed by atoms with van der Waals surface area (Å²) >= 11 is 0. The zero-order valence-corrected chi connectivity index (χ0v) is 12.8. The molecule has 0 radical (unpaired) electrons. The second kappa shape index (κ2) is 10.1. The molecule has 1 saturated heterocycles. The molecule has 0 aliphatic carbocycles. The zero-order valence-electron chi connectivity index (χ0n) is 11.2. The van der Waals surface area contributed by atoms with E-state index < -0.39 is 17.8 Å². The van der Waals surface area contributed by atoms with Gasteiger partial charge in [-0.05, 0) is 19.3 Å². The Labute approximate surface area is 126 Å². The molecule has 0 aromatic heterocycles. The monoisotopic (exact) mass is 321 g/mol. The molecular weight excluding hydrogens is 302 g/mol. The summed E-state index contributed by atoms with van der Waals surface area (Å²) in [5.74, 6) is 0.349. The number of aliphatic hydroxyl groups excluding tert-OH is 1. The number of hydroxylamine groups is 2. The molecule has 6 nitrogen and oxygen atoms in total. The van der Waals surface area contributed by atoms with Crippen LogP contribution in [0.5, 0.6) is 0 Å². The van der Waals surface area contributed by atoms with Crippen LogP contribution >= 0.6 is 21.6 Å². The van der Waals surface area contributed by atoms with E-state index in [4.69, 9.17) is 9.94 Å². The van der Waals surface area contributed by atoms with E-state index >= 15 is 0 Å². The van der Waals surface area contributed by atoms with E-state index in [2.05, 4.69) is 0 Å². The Morgan fingerprint density at radius 2 is 1.70 bits per heavy atom. The van der Waals surface area contributed by atoms with E-state index in [1.807, 2.05) is 0 Å². The van der Waals surface area contributed by atoms with Gasteiger partial charge in [0.15, 0.2) is 0 Å². The van der Waals surface area contributed by atoms with Gasteiger partial charge in [-0.1, -0.05) is 21.6 Å². The van der Waals surface area contributed by atoms with Crippen LogP contribution in [0.3, 0.4) is 0 Å². The van der Waals surface area contributed by atoms with Crippen LogP contribution in [-0.2, 0) is 19.2 Å². The number of imide groups is 1. The average Bonchev–Trinajstić information content (AvgIpc) is 2.73. The van der Waals surface area contributed by atoms with Crippen molar-refractivity contribution in [2.24, 2.45) is 0 Å². The topological polar surface area (TPSA) is 83.9 Å². The van der Waals surface area contributed by atoms with E-state index in [0.29, 0.717) is 11.5 Å². The lowest BCUT2D eigenvalue weighted by molar-refractivity contribution is -0.197. The predicted molar refractivity (Wildman–Crippen MR) is 77.6 cm³/mol. The number of hydrogen-bond donors (Lipinski definition) is 1. The quantitative estimate of drug-likeness (QED) is 0.371. The standard InChI is InChI=1S/C12H19NO5S2/c14-7-1-2-8-19-20-9-3-4-12(17)18-13-10(15)5-6-11(13)16/h14H,1-9H2. The summed E-state index contributed by atoms with van der Waals surface area (Å²) in [6.45, 7) is 0.227. The molecule has 1 N–H and O–H groups in total. The summed E-state index contributed by atoms with van der Waals surface area (Å²) in [6.07, 6.45) is 2.88. The first-order valence-electron chi connectivity index (χ1n) is 6.57. The van der Waals surface area contributed by atoms with Gasteiger partial charge in [0, 0.05) is 37.4 Å². The summed E-state index contributed by atoms with van der Waals surface area (Å²) in [6, 6.07) is 0. The maximum atomic E-state index is 11.5.